The summed E-state index contributed by atoms with van der Waals surface area (Å²) in [5.74, 6) is -1.24. The zero-order valence-corrected chi connectivity index (χ0v) is 76.3. The van der Waals surface area contributed by atoms with Gasteiger partial charge in [-0.3, -0.25) is 4.68 Å². The molecule has 0 aliphatic carbocycles. The van der Waals surface area contributed by atoms with Gasteiger partial charge in [0.15, 0.2) is 5.60 Å². The fourth-order valence-electron chi connectivity index (χ4n) is 17.7. The van der Waals surface area contributed by atoms with Crippen molar-refractivity contribution < 1.29 is 27.5 Å². The summed E-state index contributed by atoms with van der Waals surface area (Å²) < 4.78 is 61.4. The Morgan fingerprint density at radius 2 is 0.596 bits per heavy atom. The summed E-state index contributed by atoms with van der Waals surface area (Å²) in [6.45, 7) is 0. The van der Waals surface area contributed by atoms with E-state index >= 15 is 4.39 Å². The molecule has 0 bridgehead atoms. The molecule has 16 heteroatoms. The van der Waals surface area contributed by atoms with Crippen molar-refractivity contribution in [1.82, 2.24) is 19.7 Å². The molecule has 0 aliphatic rings. The molecule has 1 atom stereocenters. The molecule has 0 aliphatic heterocycles. The minimum Gasteiger partial charge on any atom is -0.375 e. The Morgan fingerprint density at radius 1 is 0.294 bits per heavy atom. The Balaban J connectivity index is 0.000000124. The second-order valence-electron chi connectivity index (χ2n) is 31.9. The van der Waals surface area contributed by atoms with Gasteiger partial charge in [0, 0.05) is 67.5 Å². The Hall–Kier alpha value is -15.6. The standard InChI is InChI=1S/C23H18ClN.C22H17FN2.C20H17FN2O.2C19H16FN.C17H13ClOS/c24-22-16-8-7-15-21(22)23(25-17-9-10-18-25,19-11-3-1-4-12-19)20-13-5-2-6-14-20;23-21-15-8-7-14-20(21)22(25-17-9-16-24-25,18-10-3-1-4-11-18)19-12-5-2-6-13-19;21-18-14-8-7-13-17(18)20(23-19(22)24,15-9-3-1-4-10-15)16-11-5-2-6-12-16;20-18-14-8-7-13-17(18)19(21,15-9-3-1-4-10-15)16-11-5-2-6-12-16;20-18-13-11-17(12-14-18)19(21,15-7-3-1-4-8-15)16-9-5-2-6-10-16;18-15-10-5-4-9-14(15)17(19,16-11-6-12-20-16)13-7-2-1-3-8-13/h1-18H;1-17H;1-14H,(H3,22,23,24);2*1-14H,21H2;1-12,19H. The van der Waals surface area contributed by atoms with Crippen molar-refractivity contribution in [3.63, 3.8) is 0 Å². The third-order valence-corrected chi connectivity index (χ3v) is 25.6. The Kier molecular flexibility index (Phi) is 31.3. The predicted molar refractivity (Wildman–Crippen MR) is 544 cm³/mol. The van der Waals surface area contributed by atoms with Crippen LogP contribution in [0, 0.1) is 23.3 Å². The lowest BCUT2D eigenvalue weighted by Gasteiger charge is -2.38. The first-order valence-electron chi connectivity index (χ1n) is 44.1. The van der Waals surface area contributed by atoms with Gasteiger partial charge in [0.25, 0.3) is 0 Å². The average molecular weight is 1850 g/mol. The first-order valence-corrected chi connectivity index (χ1v) is 45.8. The zero-order valence-electron chi connectivity index (χ0n) is 74.0. The van der Waals surface area contributed by atoms with Gasteiger partial charge in [0.1, 0.15) is 39.9 Å². The van der Waals surface area contributed by atoms with Crippen LogP contribution in [0.3, 0.4) is 0 Å². The lowest BCUT2D eigenvalue weighted by Crippen LogP contribution is -2.50. The summed E-state index contributed by atoms with van der Waals surface area (Å²) in [6, 6.07) is 159. The first kappa shape index (κ1) is 95.0. The zero-order chi connectivity index (χ0) is 94.6. The highest BCUT2D eigenvalue weighted by Gasteiger charge is 2.44. The molecule has 0 spiro atoms. The molecule has 0 fully saturated rings. The average Bonchev–Trinajstić information content (AvgIpc) is 1.24. The van der Waals surface area contributed by atoms with Crippen molar-refractivity contribution in [2.24, 2.45) is 17.2 Å². The number of hydrogen-bond acceptors (Lipinski definition) is 6. The summed E-state index contributed by atoms with van der Waals surface area (Å²) >= 11 is 14.6. The third kappa shape index (κ3) is 20.3. The van der Waals surface area contributed by atoms with Crippen molar-refractivity contribution in [3.8, 4) is 0 Å². The van der Waals surface area contributed by atoms with E-state index in [9.17, 15) is 23.1 Å². The van der Waals surface area contributed by atoms with E-state index in [1.165, 1.54) is 52.8 Å². The van der Waals surface area contributed by atoms with Crippen molar-refractivity contribution >= 4 is 40.6 Å². The maximum absolute atomic E-state index is 15.0. The number of rotatable bonds is 21. The number of carbonyl (C=O) groups excluding carboxylic acids is 1. The van der Waals surface area contributed by atoms with E-state index in [4.69, 9.17) is 40.4 Å². The highest BCUT2D eigenvalue weighted by Crippen LogP contribution is 2.47. The van der Waals surface area contributed by atoms with Crippen LogP contribution < -0.4 is 22.5 Å². The van der Waals surface area contributed by atoms with Gasteiger partial charge in [-0.15, -0.1) is 11.3 Å². The number of amides is 2. The number of halogens is 6. The monoisotopic (exact) mass is 1850 g/mol. The Morgan fingerprint density at radius 3 is 0.941 bits per heavy atom. The van der Waals surface area contributed by atoms with Gasteiger partial charge >= 0.3 is 6.03 Å². The number of urea groups is 1. The number of aromatic nitrogens is 3. The highest BCUT2D eigenvalue weighted by atomic mass is 35.5. The van der Waals surface area contributed by atoms with Gasteiger partial charge < -0.3 is 32.2 Å². The number of aliphatic hydroxyl groups is 1. The fourth-order valence-corrected chi connectivity index (χ4v) is 19.1. The lowest BCUT2D eigenvalue weighted by atomic mass is 9.76. The lowest BCUT2D eigenvalue weighted by molar-refractivity contribution is 0.130. The molecule has 20 rings (SSSR count). The molecule has 2 amide bonds. The Labute approximate surface area is 805 Å². The molecule has 136 heavy (non-hydrogen) atoms. The fraction of sp³-hybridized carbons (Fsp3) is 0.0500. The number of primary amides is 1. The first-order chi connectivity index (χ1) is 66.5. The summed E-state index contributed by atoms with van der Waals surface area (Å²) in [5.41, 5.74) is 27.5. The second-order valence-corrected chi connectivity index (χ2v) is 33.7. The van der Waals surface area contributed by atoms with Crippen molar-refractivity contribution in [2.75, 3.05) is 0 Å². The van der Waals surface area contributed by atoms with Gasteiger partial charge in [-0.1, -0.05) is 466 Å². The van der Waals surface area contributed by atoms with Crippen LogP contribution in [0.25, 0.3) is 0 Å². The van der Waals surface area contributed by atoms with Crippen molar-refractivity contribution in [3.05, 3.63) is 673 Å². The second kappa shape index (κ2) is 44.7. The van der Waals surface area contributed by atoms with E-state index in [-0.39, 0.29) is 17.5 Å². The number of hydrogen-bond donors (Lipinski definition) is 5. The van der Waals surface area contributed by atoms with Crippen LogP contribution >= 0.6 is 34.5 Å². The van der Waals surface area contributed by atoms with Gasteiger partial charge in [0.05, 0.1) is 11.1 Å². The molecule has 0 saturated heterocycles. The number of nitrogens with two attached hydrogens (primary N) is 3. The van der Waals surface area contributed by atoms with Gasteiger partial charge in [-0.25, -0.2) is 22.4 Å². The number of thiophene rings is 1. The normalized spacial score (nSPS) is 11.7. The molecule has 0 saturated carbocycles. The van der Waals surface area contributed by atoms with Crippen molar-refractivity contribution in [2.45, 2.75) is 33.3 Å². The molecule has 672 valence electrons. The molecule has 3 aromatic heterocycles. The minimum atomic E-state index is -1.21. The maximum Gasteiger partial charge on any atom is 0.313 e. The van der Waals surface area contributed by atoms with Crippen LogP contribution in [0.1, 0.15) is 99.5 Å². The smallest absolute Gasteiger partial charge is 0.313 e. The van der Waals surface area contributed by atoms with Crippen molar-refractivity contribution in [1.29, 1.82) is 0 Å². The van der Waals surface area contributed by atoms with Crippen LogP contribution in [0.15, 0.2) is 540 Å². The number of benzene rings is 17. The van der Waals surface area contributed by atoms with Crippen LogP contribution in [-0.4, -0.2) is 25.5 Å². The van der Waals surface area contributed by atoms with E-state index < -0.39 is 45.1 Å². The van der Waals surface area contributed by atoms with Crippen LogP contribution in [0.5, 0.6) is 0 Å². The van der Waals surface area contributed by atoms with E-state index in [2.05, 4.69) is 94.1 Å². The number of carbonyl (C=O) groups is 1. The van der Waals surface area contributed by atoms with E-state index in [0.717, 1.165) is 71.1 Å². The Bertz CT molecular complexity index is 6710. The SMILES string of the molecule is Clc1ccccc1C(c1ccccc1)(c1ccccc1)n1cccc1.Fc1ccccc1C(c1ccccc1)(c1ccccc1)n1cccn1.NC(=O)NC(c1ccccc1)(c1ccccc1)c1ccccc1F.NC(c1ccccc1)(c1ccccc1)c1ccc(F)cc1.NC(c1ccccc1)(c1ccccc1)c1ccccc1F.OC(c1ccccc1)(c1cccs1)c1ccccc1Cl. The summed E-state index contributed by atoms with van der Waals surface area (Å²) in [4.78, 5) is 12.7. The summed E-state index contributed by atoms with van der Waals surface area (Å²) in [5, 5.41) is 22.0. The van der Waals surface area contributed by atoms with Crippen LogP contribution in [0.2, 0.25) is 10.0 Å². The number of nitrogens with zero attached hydrogens (tertiary/aromatic N) is 3. The molecule has 8 N–H and O–H groups in total. The molecule has 20 aromatic rings. The molecular formula is C120H97Cl2F4N7O2S. The van der Waals surface area contributed by atoms with Gasteiger partial charge in [-0.05, 0) is 139 Å². The summed E-state index contributed by atoms with van der Waals surface area (Å²) in [7, 11) is 0. The van der Waals surface area contributed by atoms with E-state index in [0.29, 0.717) is 27.3 Å². The van der Waals surface area contributed by atoms with Crippen LogP contribution in [0.4, 0.5) is 22.4 Å². The molecule has 1 unspecified atom stereocenters. The molecule has 3 heterocycles. The quantitative estimate of drug-likeness (QED) is 0.0359. The highest BCUT2D eigenvalue weighted by molar-refractivity contribution is 7.10. The van der Waals surface area contributed by atoms with Gasteiger partial charge in [0.2, 0.25) is 0 Å². The molecule has 0 radical (unpaired) electrons. The number of nitrogens with one attached hydrogen (secondary N) is 1. The largest absolute Gasteiger partial charge is 0.375 e. The van der Waals surface area contributed by atoms with Crippen LogP contribution in [-0.2, 0) is 33.3 Å². The predicted octanol–water partition coefficient (Wildman–Crippen LogP) is 27.5. The van der Waals surface area contributed by atoms with E-state index in [1.54, 1.807) is 60.8 Å². The third-order valence-electron chi connectivity index (χ3n) is 24.0. The van der Waals surface area contributed by atoms with E-state index in [1.807, 2.05) is 374 Å². The summed E-state index contributed by atoms with van der Waals surface area (Å²) in [6.07, 6.45) is 7.81. The topological polar surface area (TPSA) is 150 Å². The van der Waals surface area contributed by atoms with Gasteiger partial charge in [-0.2, -0.15) is 5.10 Å². The molecule has 17 aromatic carbocycles. The molecular weight excluding hydrogens is 1750 g/mol. The maximum atomic E-state index is 15.0. The molecule has 9 nitrogen and oxygen atoms in total. The minimum absolute atomic E-state index is 0.259.